The molecule has 1 N–H and O–H groups in total. The molecule has 0 aliphatic heterocycles. The molecule has 2 unspecified atom stereocenters. The molecule has 0 saturated carbocycles. The van der Waals surface area contributed by atoms with Gasteiger partial charge in [-0.05, 0) is 26.0 Å². The van der Waals surface area contributed by atoms with Crippen LogP contribution >= 0.6 is 0 Å². The summed E-state index contributed by atoms with van der Waals surface area (Å²) in [6.45, 7) is 9.41. The lowest BCUT2D eigenvalue weighted by Gasteiger charge is -2.19. The molecule has 3 nitrogen and oxygen atoms in total. The van der Waals surface area contributed by atoms with Gasteiger partial charge in [0.15, 0.2) is 0 Å². The molecule has 1 aromatic rings. The minimum absolute atomic E-state index is 0.357. The zero-order valence-corrected chi connectivity index (χ0v) is 9.41. The zero-order chi connectivity index (χ0) is 10.6. The molecule has 0 aromatic carbocycles. The number of likely N-dealkylation sites (N-methyl/N-ethyl adjacent to an activating group) is 1. The predicted octanol–water partition coefficient (Wildman–Crippen LogP) is 1.89. The maximum absolute atomic E-state index is 4.33. The van der Waals surface area contributed by atoms with Gasteiger partial charge in [0.05, 0.1) is 0 Å². The average Bonchev–Trinajstić information content (AvgIpc) is 2.18. The second kappa shape index (κ2) is 5.05. The molecule has 1 aromatic heterocycles. The highest BCUT2D eigenvalue weighted by molar-refractivity contribution is 5.05. The molecule has 0 saturated heterocycles. The van der Waals surface area contributed by atoms with Gasteiger partial charge in [-0.15, -0.1) is 0 Å². The molecular formula is C11H19N3. The Bertz CT molecular complexity index is 268. The maximum Gasteiger partial charge on any atom is 0.132 e. The highest BCUT2D eigenvalue weighted by Crippen LogP contribution is 2.14. The quantitative estimate of drug-likeness (QED) is 0.793. The summed E-state index contributed by atoms with van der Waals surface area (Å²) in [4.78, 5) is 8.66. The molecule has 0 aliphatic carbocycles. The summed E-state index contributed by atoms with van der Waals surface area (Å²) in [5.74, 6) is 1.28. The van der Waals surface area contributed by atoms with Gasteiger partial charge in [-0.2, -0.15) is 0 Å². The van der Waals surface area contributed by atoms with Crippen LogP contribution in [0.15, 0.2) is 12.4 Å². The van der Waals surface area contributed by atoms with Crippen molar-refractivity contribution in [3.05, 3.63) is 23.8 Å². The minimum Gasteiger partial charge on any atom is -0.314 e. The Balaban J connectivity index is 2.68. The summed E-state index contributed by atoms with van der Waals surface area (Å²) >= 11 is 0. The summed E-state index contributed by atoms with van der Waals surface area (Å²) in [5, 5.41) is 3.38. The number of aromatic nitrogens is 2. The Labute approximate surface area is 86.0 Å². The predicted molar refractivity (Wildman–Crippen MR) is 58.3 cm³/mol. The van der Waals surface area contributed by atoms with Crippen molar-refractivity contribution in [1.29, 1.82) is 0 Å². The Hall–Kier alpha value is -0.960. The average molecular weight is 193 g/mol. The lowest BCUT2D eigenvalue weighted by molar-refractivity contribution is 0.478. The standard InChI is InChI=1S/C11H19N3/c1-5-12-10(4)9(3)11-13-6-8(2)7-14-11/h6-7,9-10,12H,5H2,1-4H3. The summed E-state index contributed by atoms with van der Waals surface area (Å²) in [5.41, 5.74) is 1.11. The molecular weight excluding hydrogens is 174 g/mol. The van der Waals surface area contributed by atoms with E-state index in [-0.39, 0.29) is 0 Å². The molecule has 14 heavy (non-hydrogen) atoms. The number of rotatable bonds is 4. The van der Waals surface area contributed by atoms with Gasteiger partial charge in [-0.1, -0.05) is 13.8 Å². The molecule has 1 heterocycles. The normalized spacial score (nSPS) is 15.1. The van der Waals surface area contributed by atoms with Crippen molar-refractivity contribution in [2.24, 2.45) is 0 Å². The first-order chi connectivity index (χ1) is 6.65. The molecule has 0 amide bonds. The van der Waals surface area contributed by atoms with Crippen molar-refractivity contribution < 1.29 is 0 Å². The third-order valence-electron chi connectivity index (χ3n) is 2.48. The van der Waals surface area contributed by atoms with Gasteiger partial charge >= 0.3 is 0 Å². The van der Waals surface area contributed by atoms with E-state index in [1.54, 1.807) is 0 Å². The van der Waals surface area contributed by atoms with Gasteiger partial charge in [-0.25, -0.2) is 9.97 Å². The number of hydrogen-bond acceptors (Lipinski definition) is 3. The molecule has 1 rings (SSSR count). The maximum atomic E-state index is 4.33. The van der Waals surface area contributed by atoms with Crippen molar-refractivity contribution >= 4 is 0 Å². The molecule has 3 heteroatoms. The fourth-order valence-electron chi connectivity index (χ4n) is 1.36. The van der Waals surface area contributed by atoms with E-state index in [2.05, 4.69) is 36.1 Å². The lowest BCUT2D eigenvalue weighted by Crippen LogP contribution is -2.31. The van der Waals surface area contributed by atoms with Crippen molar-refractivity contribution in [3.63, 3.8) is 0 Å². The zero-order valence-electron chi connectivity index (χ0n) is 9.41. The summed E-state index contributed by atoms with van der Waals surface area (Å²) in [6.07, 6.45) is 3.75. The van der Waals surface area contributed by atoms with Crippen LogP contribution in [0, 0.1) is 6.92 Å². The molecule has 0 spiro atoms. The van der Waals surface area contributed by atoms with E-state index in [9.17, 15) is 0 Å². The van der Waals surface area contributed by atoms with E-state index in [0.29, 0.717) is 12.0 Å². The molecule has 78 valence electrons. The molecule has 0 aliphatic rings. The van der Waals surface area contributed by atoms with Crippen LogP contribution in [0.1, 0.15) is 38.1 Å². The van der Waals surface area contributed by atoms with Crippen molar-refractivity contribution in [3.8, 4) is 0 Å². The van der Waals surface area contributed by atoms with E-state index >= 15 is 0 Å². The van der Waals surface area contributed by atoms with E-state index < -0.39 is 0 Å². The van der Waals surface area contributed by atoms with E-state index in [4.69, 9.17) is 0 Å². The first-order valence-electron chi connectivity index (χ1n) is 5.17. The van der Waals surface area contributed by atoms with Crippen LogP contribution in [0.3, 0.4) is 0 Å². The highest BCUT2D eigenvalue weighted by Gasteiger charge is 2.15. The summed E-state index contributed by atoms with van der Waals surface area (Å²) in [6, 6.07) is 0.419. The summed E-state index contributed by atoms with van der Waals surface area (Å²) < 4.78 is 0. The number of nitrogens with one attached hydrogen (secondary N) is 1. The smallest absolute Gasteiger partial charge is 0.132 e. The minimum atomic E-state index is 0.357. The van der Waals surface area contributed by atoms with E-state index in [1.165, 1.54) is 0 Å². The monoisotopic (exact) mass is 193 g/mol. The SMILES string of the molecule is CCNC(C)C(C)c1ncc(C)cn1. The van der Waals surface area contributed by atoms with Crippen molar-refractivity contribution in [2.45, 2.75) is 39.7 Å². The number of aryl methyl sites for hydroxylation is 1. The van der Waals surface area contributed by atoms with Gasteiger partial charge in [0, 0.05) is 24.4 Å². The van der Waals surface area contributed by atoms with Crippen LogP contribution in [-0.2, 0) is 0 Å². The Morgan fingerprint density at radius 3 is 2.36 bits per heavy atom. The fourth-order valence-corrected chi connectivity index (χ4v) is 1.36. The van der Waals surface area contributed by atoms with Gasteiger partial charge in [0.25, 0.3) is 0 Å². The third-order valence-corrected chi connectivity index (χ3v) is 2.48. The van der Waals surface area contributed by atoms with Crippen LogP contribution in [0.5, 0.6) is 0 Å². The first kappa shape index (κ1) is 11.1. The molecule has 0 bridgehead atoms. The van der Waals surface area contributed by atoms with Crippen LogP contribution < -0.4 is 5.32 Å². The lowest BCUT2D eigenvalue weighted by atomic mass is 10.0. The van der Waals surface area contributed by atoms with Crippen molar-refractivity contribution in [1.82, 2.24) is 15.3 Å². The second-order valence-electron chi connectivity index (χ2n) is 3.75. The number of hydrogen-bond donors (Lipinski definition) is 1. The Morgan fingerprint density at radius 2 is 1.86 bits per heavy atom. The molecule has 0 radical (unpaired) electrons. The Morgan fingerprint density at radius 1 is 1.29 bits per heavy atom. The van der Waals surface area contributed by atoms with Gasteiger partial charge in [0.1, 0.15) is 5.82 Å². The van der Waals surface area contributed by atoms with Crippen LogP contribution in [0.2, 0.25) is 0 Å². The van der Waals surface area contributed by atoms with E-state index in [0.717, 1.165) is 17.9 Å². The fraction of sp³-hybridized carbons (Fsp3) is 0.636. The summed E-state index contributed by atoms with van der Waals surface area (Å²) in [7, 11) is 0. The van der Waals surface area contributed by atoms with Gasteiger partial charge in [0.2, 0.25) is 0 Å². The largest absolute Gasteiger partial charge is 0.314 e. The highest BCUT2D eigenvalue weighted by atomic mass is 14.9. The Kier molecular flexibility index (Phi) is 4.01. The van der Waals surface area contributed by atoms with Gasteiger partial charge in [-0.3, -0.25) is 0 Å². The van der Waals surface area contributed by atoms with Crippen molar-refractivity contribution in [2.75, 3.05) is 6.54 Å². The van der Waals surface area contributed by atoms with Crippen LogP contribution in [-0.4, -0.2) is 22.6 Å². The number of nitrogens with zero attached hydrogens (tertiary/aromatic N) is 2. The third kappa shape index (κ3) is 2.77. The molecule has 2 atom stereocenters. The van der Waals surface area contributed by atoms with Gasteiger partial charge < -0.3 is 5.32 Å². The van der Waals surface area contributed by atoms with Crippen LogP contribution in [0.4, 0.5) is 0 Å². The topological polar surface area (TPSA) is 37.8 Å². The van der Waals surface area contributed by atoms with E-state index in [1.807, 2.05) is 19.3 Å². The second-order valence-corrected chi connectivity index (χ2v) is 3.75. The molecule has 0 fully saturated rings. The van der Waals surface area contributed by atoms with Crippen LogP contribution in [0.25, 0.3) is 0 Å². The first-order valence-corrected chi connectivity index (χ1v) is 5.17.